The molecule has 1 aromatic heterocycles. The van der Waals surface area contributed by atoms with Gasteiger partial charge < -0.3 is 11.1 Å². The molecular weight excluding hydrogens is 212 g/mol. The monoisotopic (exact) mass is 236 g/mol. The number of anilines is 2. The fourth-order valence-corrected chi connectivity index (χ4v) is 2.30. The Labute approximate surface area is 104 Å². The number of aryl methyl sites for hydroxylation is 2. The maximum atomic E-state index is 6.06. The Hall–Kier alpha value is -1.19. The number of nitrogens with two attached hydrogens (primary N) is 1. The molecule has 0 amide bonds. The zero-order valence-electron chi connectivity index (χ0n) is 11.4. The molecule has 1 atom stereocenters. The van der Waals surface area contributed by atoms with Gasteiger partial charge in [0, 0.05) is 13.1 Å². The number of nitrogens with one attached hydrogen (secondary N) is 1. The van der Waals surface area contributed by atoms with E-state index in [1.165, 1.54) is 6.42 Å². The van der Waals surface area contributed by atoms with Crippen LogP contribution in [0.2, 0.25) is 0 Å². The topological polar surface area (TPSA) is 55.9 Å². The molecule has 1 aromatic rings. The molecule has 96 valence electrons. The van der Waals surface area contributed by atoms with Crippen molar-refractivity contribution in [3.05, 3.63) is 5.69 Å². The molecule has 1 fully saturated rings. The smallest absolute Gasteiger partial charge is 0.148 e. The Balaban J connectivity index is 2.04. The van der Waals surface area contributed by atoms with Crippen molar-refractivity contribution in [2.24, 2.45) is 11.3 Å². The van der Waals surface area contributed by atoms with Crippen LogP contribution in [0.5, 0.6) is 0 Å². The van der Waals surface area contributed by atoms with Gasteiger partial charge in [0.25, 0.3) is 0 Å². The van der Waals surface area contributed by atoms with Crippen molar-refractivity contribution < 1.29 is 0 Å². The summed E-state index contributed by atoms with van der Waals surface area (Å²) in [5.74, 6) is 1.78. The molecule has 1 saturated carbocycles. The molecule has 4 heteroatoms. The summed E-state index contributed by atoms with van der Waals surface area (Å²) in [6, 6.07) is 0. The molecule has 0 radical (unpaired) electrons. The lowest BCUT2D eigenvalue weighted by molar-refractivity contribution is 0.566. The van der Waals surface area contributed by atoms with Crippen molar-refractivity contribution in [2.75, 3.05) is 17.6 Å². The van der Waals surface area contributed by atoms with Crippen molar-refractivity contribution in [1.29, 1.82) is 0 Å². The highest BCUT2D eigenvalue weighted by Gasteiger charge is 2.45. The van der Waals surface area contributed by atoms with E-state index in [0.29, 0.717) is 5.41 Å². The quantitative estimate of drug-likeness (QED) is 0.826. The maximum absolute atomic E-state index is 6.06. The minimum absolute atomic E-state index is 0.506. The number of nitrogens with zero attached hydrogens (tertiary/aromatic N) is 2. The van der Waals surface area contributed by atoms with Gasteiger partial charge in [0.05, 0.1) is 11.4 Å². The third-order valence-electron chi connectivity index (χ3n) is 3.84. The number of rotatable bonds is 5. The van der Waals surface area contributed by atoms with E-state index in [0.717, 1.165) is 42.6 Å². The van der Waals surface area contributed by atoms with Crippen LogP contribution in [0.3, 0.4) is 0 Å². The van der Waals surface area contributed by atoms with Crippen LogP contribution in [0.15, 0.2) is 0 Å². The minimum atomic E-state index is 0.506. The molecule has 1 aliphatic carbocycles. The number of aromatic nitrogens is 2. The maximum Gasteiger partial charge on any atom is 0.148 e. The molecule has 0 saturated heterocycles. The standard InChI is InChI=1S/C13H24N4/c1-5-6-17-12(11(14)9(2)16-17)15-8-10-7-13(10,3)4/h10,15H,5-8,14H2,1-4H3. The third kappa shape index (κ3) is 2.40. The van der Waals surface area contributed by atoms with Crippen LogP contribution in [-0.4, -0.2) is 16.3 Å². The second-order valence-corrected chi connectivity index (χ2v) is 5.84. The van der Waals surface area contributed by atoms with Gasteiger partial charge in [-0.1, -0.05) is 20.8 Å². The SMILES string of the molecule is CCCn1nc(C)c(N)c1NCC1CC1(C)C. The van der Waals surface area contributed by atoms with Gasteiger partial charge in [-0.15, -0.1) is 0 Å². The Morgan fingerprint density at radius 3 is 2.71 bits per heavy atom. The van der Waals surface area contributed by atoms with E-state index in [4.69, 9.17) is 5.73 Å². The van der Waals surface area contributed by atoms with E-state index in [-0.39, 0.29) is 0 Å². The van der Waals surface area contributed by atoms with Crippen LogP contribution >= 0.6 is 0 Å². The molecule has 4 nitrogen and oxygen atoms in total. The van der Waals surface area contributed by atoms with Gasteiger partial charge in [-0.2, -0.15) is 5.10 Å². The lowest BCUT2D eigenvalue weighted by Gasteiger charge is -2.10. The molecule has 17 heavy (non-hydrogen) atoms. The fraction of sp³-hybridized carbons (Fsp3) is 0.769. The van der Waals surface area contributed by atoms with Crippen LogP contribution in [0.1, 0.15) is 39.3 Å². The molecule has 0 bridgehead atoms. The highest BCUT2D eigenvalue weighted by atomic mass is 15.3. The third-order valence-corrected chi connectivity index (χ3v) is 3.84. The van der Waals surface area contributed by atoms with E-state index >= 15 is 0 Å². The highest BCUT2D eigenvalue weighted by Crippen LogP contribution is 2.51. The molecule has 0 aromatic carbocycles. The summed E-state index contributed by atoms with van der Waals surface area (Å²) in [5, 5.41) is 7.94. The summed E-state index contributed by atoms with van der Waals surface area (Å²) in [6.45, 7) is 10.7. The number of nitrogen functional groups attached to an aromatic ring is 1. The molecule has 1 heterocycles. The summed E-state index contributed by atoms with van der Waals surface area (Å²) in [7, 11) is 0. The summed E-state index contributed by atoms with van der Waals surface area (Å²) >= 11 is 0. The van der Waals surface area contributed by atoms with Crippen molar-refractivity contribution in [2.45, 2.75) is 47.1 Å². The zero-order valence-corrected chi connectivity index (χ0v) is 11.4. The van der Waals surface area contributed by atoms with Crippen molar-refractivity contribution in [3.8, 4) is 0 Å². The Bertz CT molecular complexity index is 406. The van der Waals surface area contributed by atoms with Gasteiger partial charge in [0.15, 0.2) is 0 Å². The molecule has 1 unspecified atom stereocenters. The van der Waals surface area contributed by atoms with E-state index in [1.807, 2.05) is 11.6 Å². The minimum Gasteiger partial charge on any atom is -0.394 e. The first-order valence-corrected chi connectivity index (χ1v) is 6.52. The fourth-order valence-electron chi connectivity index (χ4n) is 2.30. The second kappa shape index (κ2) is 4.24. The van der Waals surface area contributed by atoms with Crippen LogP contribution in [0, 0.1) is 18.3 Å². The predicted molar refractivity (Wildman–Crippen MR) is 72.0 cm³/mol. The lowest BCUT2D eigenvalue weighted by Crippen LogP contribution is -2.13. The molecule has 0 aliphatic heterocycles. The molecule has 1 aliphatic rings. The normalized spacial score (nSPS) is 21.5. The summed E-state index contributed by atoms with van der Waals surface area (Å²) in [6.07, 6.45) is 2.38. The van der Waals surface area contributed by atoms with E-state index in [1.54, 1.807) is 0 Å². The van der Waals surface area contributed by atoms with Gasteiger partial charge in [-0.25, -0.2) is 4.68 Å². The largest absolute Gasteiger partial charge is 0.394 e. The summed E-state index contributed by atoms with van der Waals surface area (Å²) < 4.78 is 2.00. The van der Waals surface area contributed by atoms with Gasteiger partial charge in [-0.05, 0) is 31.1 Å². The number of hydrogen-bond acceptors (Lipinski definition) is 3. The summed E-state index contributed by atoms with van der Waals surface area (Å²) in [5.41, 5.74) is 8.30. The Morgan fingerprint density at radius 2 is 2.18 bits per heavy atom. The van der Waals surface area contributed by atoms with E-state index in [9.17, 15) is 0 Å². The van der Waals surface area contributed by atoms with Crippen LogP contribution in [-0.2, 0) is 6.54 Å². The first-order chi connectivity index (χ1) is 7.95. The first kappa shape index (κ1) is 12.3. The average molecular weight is 236 g/mol. The van der Waals surface area contributed by atoms with Crippen LogP contribution in [0.4, 0.5) is 11.5 Å². The van der Waals surface area contributed by atoms with Crippen LogP contribution in [0.25, 0.3) is 0 Å². The Morgan fingerprint density at radius 1 is 1.53 bits per heavy atom. The van der Waals surface area contributed by atoms with Gasteiger partial charge >= 0.3 is 0 Å². The van der Waals surface area contributed by atoms with E-state index < -0.39 is 0 Å². The number of hydrogen-bond donors (Lipinski definition) is 2. The van der Waals surface area contributed by atoms with Gasteiger partial charge in [0.1, 0.15) is 5.82 Å². The Kier molecular flexibility index (Phi) is 3.06. The molecule has 2 rings (SSSR count). The zero-order chi connectivity index (χ0) is 12.6. The van der Waals surface area contributed by atoms with E-state index in [2.05, 4.69) is 31.2 Å². The highest BCUT2D eigenvalue weighted by molar-refractivity contribution is 5.64. The van der Waals surface area contributed by atoms with Crippen molar-refractivity contribution >= 4 is 11.5 Å². The molecule has 3 N–H and O–H groups in total. The molecule has 0 spiro atoms. The lowest BCUT2D eigenvalue weighted by atomic mass is 10.1. The summed E-state index contributed by atoms with van der Waals surface area (Å²) in [4.78, 5) is 0. The van der Waals surface area contributed by atoms with Crippen molar-refractivity contribution in [3.63, 3.8) is 0 Å². The van der Waals surface area contributed by atoms with Crippen LogP contribution < -0.4 is 11.1 Å². The molecular formula is C13H24N4. The second-order valence-electron chi connectivity index (χ2n) is 5.84. The van der Waals surface area contributed by atoms with Crippen molar-refractivity contribution in [1.82, 2.24) is 9.78 Å². The predicted octanol–water partition coefficient (Wildman–Crippen LogP) is 2.64. The van der Waals surface area contributed by atoms with Gasteiger partial charge in [0.2, 0.25) is 0 Å². The first-order valence-electron chi connectivity index (χ1n) is 6.52. The average Bonchev–Trinajstić information content (AvgIpc) is 2.77. The van der Waals surface area contributed by atoms with Gasteiger partial charge in [-0.3, -0.25) is 0 Å².